The number of benzene rings is 1. The molecule has 6 nitrogen and oxygen atoms in total. The van der Waals surface area contributed by atoms with Crippen LogP contribution >= 0.6 is 0 Å². The quantitative estimate of drug-likeness (QED) is 0.875. The van der Waals surface area contributed by atoms with Gasteiger partial charge in [0, 0.05) is 7.05 Å². The maximum Gasteiger partial charge on any atom is 0.326 e. The van der Waals surface area contributed by atoms with Crippen LogP contribution in [0.2, 0.25) is 0 Å². The summed E-state index contributed by atoms with van der Waals surface area (Å²) < 4.78 is 1.47. The van der Waals surface area contributed by atoms with E-state index in [1.165, 1.54) is 15.8 Å². The van der Waals surface area contributed by atoms with Gasteiger partial charge >= 0.3 is 5.97 Å². The molecule has 2 unspecified atom stereocenters. The predicted molar refractivity (Wildman–Crippen MR) is 93.6 cm³/mol. The number of nitrogens with one attached hydrogen (secondary N) is 1. The topological polar surface area (TPSA) is 84.2 Å². The zero-order chi connectivity index (χ0) is 18.0. The van der Waals surface area contributed by atoms with Crippen LogP contribution in [0.5, 0.6) is 0 Å². The van der Waals surface area contributed by atoms with Crippen LogP contribution in [0.4, 0.5) is 0 Å². The average Bonchev–Trinajstić information content (AvgIpc) is 2.93. The van der Waals surface area contributed by atoms with Crippen molar-refractivity contribution in [3.8, 4) is 0 Å². The van der Waals surface area contributed by atoms with Gasteiger partial charge in [-0.15, -0.1) is 0 Å². The SMILES string of the molecule is Cc1cc(C(=O)NC(CC2CCCc3ccccc32)C(=O)O)n(C)n1. The van der Waals surface area contributed by atoms with Gasteiger partial charge in [0.25, 0.3) is 5.91 Å². The van der Waals surface area contributed by atoms with Crippen molar-refractivity contribution >= 4 is 11.9 Å². The molecule has 0 spiro atoms. The third kappa shape index (κ3) is 3.73. The van der Waals surface area contributed by atoms with Crippen molar-refractivity contribution in [2.24, 2.45) is 7.05 Å². The first-order valence-electron chi connectivity index (χ1n) is 8.58. The smallest absolute Gasteiger partial charge is 0.326 e. The summed E-state index contributed by atoms with van der Waals surface area (Å²) in [6.07, 6.45) is 3.42. The van der Waals surface area contributed by atoms with Gasteiger partial charge in [0.2, 0.25) is 0 Å². The molecule has 2 aromatic rings. The van der Waals surface area contributed by atoms with Crippen LogP contribution in [0.1, 0.15) is 52.5 Å². The van der Waals surface area contributed by atoms with Crippen LogP contribution < -0.4 is 5.32 Å². The molecule has 0 radical (unpaired) electrons. The second-order valence-corrected chi connectivity index (χ2v) is 6.68. The number of rotatable bonds is 5. The molecule has 0 aliphatic heterocycles. The van der Waals surface area contributed by atoms with Crippen molar-refractivity contribution in [1.29, 1.82) is 0 Å². The fraction of sp³-hybridized carbons (Fsp3) is 0.421. The number of nitrogens with zero attached hydrogens (tertiary/aromatic N) is 2. The molecule has 6 heteroatoms. The number of aryl methyl sites for hydroxylation is 3. The number of carbonyl (C=O) groups is 2. The van der Waals surface area contributed by atoms with E-state index in [0.717, 1.165) is 25.0 Å². The number of carbonyl (C=O) groups excluding carboxylic acids is 1. The molecule has 3 rings (SSSR count). The zero-order valence-corrected chi connectivity index (χ0v) is 14.5. The van der Waals surface area contributed by atoms with Gasteiger partial charge in [0.05, 0.1) is 5.69 Å². The number of carboxylic acids is 1. The summed E-state index contributed by atoms with van der Waals surface area (Å²) in [5, 5.41) is 16.4. The van der Waals surface area contributed by atoms with Crippen LogP contribution in [0.25, 0.3) is 0 Å². The Kier molecular flexibility index (Phi) is 4.88. The number of hydrogen-bond acceptors (Lipinski definition) is 3. The number of aliphatic carboxylic acids is 1. The van der Waals surface area contributed by atoms with Crippen molar-refractivity contribution in [1.82, 2.24) is 15.1 Å². The van der Waals surface area contributed by atoms with Gasteiger partial charge in [-0.25, -0.2) is 4.79 Å². The van der Waals surface area contributed by atoms with Crippen LogP contribution in [-0.4, -0.2) is 32.8 Å². The molecule has 1 aromatic heterocycles. The third-order valence-corrected chi connectivity index (χ3v) is 4.85. The first-order chi connectivity index (χ1) is 12.0. The second kappa shape index (κ2) is 7.09. The van der Waals surface area contributed by atoms with Crippen molar-refractivity contribution in [2.75, 3.05) is 0 Å². The third-order valence-electron chi connectivity index (χ3n) is 4.85. The lowest BCUT2D eigenvalue weighted by molar-refractivity contribution is -0.139. The zero-order valence-electron chi connectivity index (χ0n) is 14.5. The van der Waals surface area contributed by atoms with E-state index in [2.05, 4.69) is 22.5 Å². The normalized spacial score (nSPS) is 17.6. The molecule has 2 atom stereocenters. The molecule has 1 amide bonds. The Balaban J connectivity index is 1.76. The molecule has 0 fully saturated rings. The standard InChI is InChI=1S/C19H23N3O3/c1-12-10-17(22(2)21-12)18(23)20-16(19(24)25)11-14-8-5-7-13-6-3-4-9-15(13)14/h3-4,6,9-10,14,16H,5,7-8,11H2,1-2H3,(H,20,23)(H,24,25). The number of fused-ring (bicyclic) bond motifs is 1. The maximum atomic E-state index is 12.4. The highest BCUT2D eigenvalue weighted by Gasteiger charge is 2.29. The molecule has 2 N–H and O–H groups in total. The van der Waals surface area contributed by atoms with E-state index in [-0.39, 0.29) is 5.92 Å². The summed E-state index contributed by atoms with van der Waals surface area (Å²) in [6, 6.07) is 8.92. The molecular formula is C19H23N3O3. The van der Waals surface area contributed by atoms with Gasteiger partial charge in [-0.1, -0.05) is 24.3 Å². The van der Waals surface area contributed by atoms with Crippen molar-refractivity contribution in [3.05, 3.63) is 52.8 Å². The number of hydrogen-bond donors (Lipinski definition) is 2. The number of amides is 1. The molecule has 1 aromatic carbocycles. The molecule has 1 aliphatic rings. The minimum Gasteiger partial charge on any atom is -0.480 e. The molecule has 132 valence electrons. The van der Waals surface area contributed by atoms with E-state index in [1.807, 2.05) is 12.1 Å². The lowest BCUT2D eigenvalue weighted by Gasteiger charge is -2.28. The Bertz CT molecular complexity index is 797. The van der Waals surface area contributed by atoms with E-state index in [9.17, 15) is 14.7 Å². The molecular weight excluding hydrogens is 318 g/mol. The summed E-state index contributed by atoms with van der Waals surface area (Å²) >= 11 is 0. The number of carboxylic acid groups (broad SMARTS) is 1. The minimum absolute atomic E-state index is 0.152. The highest BCUT2D eigenvalue weighted by molar-refractivity contribution is 5.95. The number of aromatic nitrogens is 2. The van der Waals surface area contributed by atoms with Gasteiger partial charge in [-0.2, -0.15) is 5.10 Å². The fourth-order valence-corrected chi connectivity index (χ4v) is 3.66. The van der Waals surface area contributed by atoms with Crippen molar-refractivity contribution in [2.45, 2.75) is 44.6 Å². The summed E-state index contributed by atoms with van der Waals surface area (Å²) in [5.41, 5.74) is 3.59. The van der Waals surface area contributed by atoms with E-state index < -0.39 is 17.9 Å². The highest BCUT2D eigenvalue weighted by atomic mass is 16.4. The lowest BCUT2D eigenvalue weighted by atomic mass is 9.79. The summed E-state index contributed by atoms with van der Waals surface area (Å²) in [4.78, 5) is 24.2. The van der Waals surface area contributed by atoms with Crippen molar-refractivity contribution < 1.29 is 14.7 Å². The van der Waals surface area contributed by atoms with Crippen LogP contribution in [0.3, 0.4) is 0 Å². The predicted octanol–water partition coefficient (Wildman–Crippen LogP) is 2.42. The summed E-state index contributed by atoms with van der Waals surface area (Å²) in [7, 11) is 1.68. The van der Waals surface area contributed by atoms with Gasteiger partial charge in [-0.05, 0) is 55.7 Å². The van der Waals surface area contributed by atoms with Crippen molar-refractivity contribution in [3.63, 3.8) is 0 Å². The average molecular weight is 341 g/mol. The fourth-order valence-electron chi connectivity index (χ4n) is 3.66. The van der Waals surface area contributed by atoms with E-state index in [0.29, 0.717) is 12.1 Å². The van der Waals surface area contributed by atoms with Gasteiger partial charge < -0.3 is 10.4 Å². The van der Waals surface area contributed by atoms with E-state index >= 15 is 0 Å². The Morgan fingerprint density at radius 2 is 2.16 bits per heavy atom. The van der Waals surface area contributed by atoms with Gasteiger partial charge in [0.1, 0.15) is 11.7 Å². The van der Waals surface area contributed by atoms with Gasteiger partial charge in [-0.3, -0.25) is 9.48 Å². The first-order valence-corrected chi connectivity index (χ1v) is 8.58. The lowest BCUT2D eigenvalue weighted by Crippen LogP contribution is -2.42. The Labute approximate surface area is 146 Å². The molecule has 1 aliphatic carbocycles. The molecule has 25 heavy (non-hydrogen) atoms. The maximum absolute atomic E-state index is 12.4. The molecule has 0 saturated carbocycles. The van der Waals surface area contributed by atoms with Crippen LogP contribution in [-0.2, 0) is 18.3 Å². The molecule has 1 heterocycles. The largest absolute Gasteiger partial charge is 0.480 e. The van der Waals surface area contributed by atoms with Gasteiger partial charge in [0.15, 0.2) is 0 Å². The van der Waals surface area contributed by atoms with E-state index in [4.69, 9.17) is 0 Å². The Morgan fingerprint density at radius 3 is 2.84 bits per heavy atom. The summed E-state index contributed by atoms with van der Waals surface area (Å²) in [5.74, 6) is -1.26. The second-order valence-electron chi connectivity index (χ2n) is 6.68. The molecule has 0 bridgehead atoms. The minimum atomic E-state index is -1.00. The van der Waals surface area contributed by atoms with Crippen LogP contribution in [0, 0.1) is 6.92 Å². The Hall–Kier alpha value is -2.63. The summed E-state index contributed by atoms with van der Waals surface area (Å²) in [6.45, 7) is 1.80. The first kappa shape index (κ1) is 17.2. The monoisotopic (exact) mass is 341 g/mol. The Morgan fingerprint density at radius 1 is 1.40 bits per heavy atom. The molecule has 0 saturated heterocycles. The van der Waals surface area contributed by atoms with Crippen LogP contribution in [0.15, 0.2) is 30.3 Å². The van der Waals surface area contributed by atoms with E-state index in [1.54, 1.807) is 20.0 Å². The highest BCUT2D eigenvalue weighted by Crippen LogP contribution is 2.34.